The number of benzene rings is 1. The van der Waals surface area contributed by atoms with Crippen LogP contribution in [0.1, 0.15) is 27.3 Å². The Morgan fingerprint density at radius 3 is 2.74 bits per heavy atom. The van der Waals surface area contributed by atoms with E-state index in [1.807, 2.05) is 30.3 Å². The molecule has 2 heterocycles. The van der Waals surface area contributed by atoms with E-state index in [1.54, 1.807) is 18.4 Å². The Morgan fingerprint density at radius 2 is 2.04 bits per heavy atom. The molecule has 3 aromatic rings. The van der Waals surface area contributed by atoms with E-state index in [1.165, 1.54) is 22.2 Å². The summed E-state index contributed by atoms with van der Waals surface area (Å²) in [6.45, 7) is 0. The maximum absolute atomic E-state index is 11.6. The quantitative estimate of drug-likeness (QED) is 0.801. The van der Waals surface area contributed by atoms with Crippen LogP contribution in [0.5, 0.6) is 5.75 Å². The monoisotopic (exact) mass is 324 g/mol. The Bertz CT molecular complexity index is 913. The van der Waals surface area contributed by atoms with Crippen molar-refractivity contribution in [2.45, 2.75) is 19.3 Å². The van der Waals surface area contributed by atoms with Crippen molar-refractivity contribution in [1.82, 2.24) is 4.98 Å². The number of primary amides is 1. The summed E-state index contributed by atoms with van der Waals surface area (Å²) < 4.78 is 5.23. The van der Waals surface area contributed by atoms with Gasteiger partial charge in [-0.15, -0.1) is 11.3 Å². The predicted octanol–water partition coefficient (Wildman–Crippen LogP) is 3.56. The van der Waals surface area contributed by atoms with E-state index in [9.17, 15) is 4.79 Å². The van der Waals surface area contributed by atoms with Gasteiger partial charge in [-0.05, 0) is 54.2 Å². The number of pyridine rings is 1. The zero-order valence-corrected chi connectivity index (χ0v) is 13.6. The largest absolute Gasteiger partial charge is 0.497 e. The number of rotatable bonds is 3. The van der Waals surface area contributed by atoms with E-state index < -0.39 is 5.91 Å². The number of ether oxygens (including phenoxy) is 1. The van der Waals surface area contributed by atoms with Gasteiger partial charge in [0.05, 0.1) is 7.11 Å². The van der Waals surface area contributed by atoms with E-state index in [4.69, 9.17) is 10.5 Å². The molecule has 1 aliphatic carbocycles. The van der Waals surface area contributed by atoms with Gasteiger partial charge >= 0.3 is 0 Å². The standard InChI is InChI=1S/C18H16N2O2S/c1-22-11-7-5-10(6-8-11)13-9-14(17(19)21)20-18-16(13)12-3-2-4-15(12)23-18/h5-9H,2-4H2,1H3,(H2,19,21). The van der Waals surface area contributed by atoms with Gasteiger partial charge in [0, 0.05) is 10.3 Å². The lowest BCUT2D eigenvalue weighted by molar-refractivity contribution is 0.0996. The summed E-state index contributed by atoms with van der Waals surface area (Å²) in [7, 11) is 1.65. The van der Waals surface area contributed by atoms with Gasteiger partial charge in [0.2, 0.25) is 0 Å². The molecular weight excluding hydrogens is 308 g/mol. The first kappa shape index (κ1) is 14.2. The molecule has 1 amide bonds. The highest BCUT2D eigenvalue weighted by molar-refractivity contribution is 7.19. The lowest BCUT2D eigenvalue weighted by Gasteiger charge is -2.08. The normalized spacial score (nSPS) is 13.3. The molecule has 0 aliphatic heterocycles. The summed E-state index contributed by atoms with van der Waals surface area (Å²) >= 11 is 1.69. The third kappa shape index (κ3) is 2.28. The molecule has 23 heavy (non-hydrogen) atoms. The van der Waals surface area contributed by atoms with Crippen molar-refractivity contribution < 1.29 is 9.53 Å². The van der Waals surface area contributed by atoms with Gasteiger partial charge in [-0.3, -0.25) is 4.79 Å². The number of amides is 1. The molecule has 0 spiro atoms. The summed E-state index contributed by atoms with van der Waals surface area (Å²) in [5.41, 5.74) is 9.27. The van der Waals surface area contributed by atoms with Crippen LogP contribution < -0.4 is 10.5 Å². The fourth-order valence-electron chi connectivity index (χ4n) is 3.22. The van der Waals surface area contributed by atoms with Crippen molar-refractivity contribution in [3.63, 3.8) is 0 Å². The van der Waals surface area contributed by atoms with Crippen molar-refractivity contribution in [2.75, 3.05) is 7.11 Å². The van der Waals surface area contributed by atoms with Gasteiger partial charge in [0.15, 0.2) is 0 Å². The molecule has 0 fully saturated rings. The molecule has 4 rings (SSSR count). The second-order valence-electron chi connectivity index (χ2n) is 5.69. The average Bonchev–Trinajstić information content (AvgIpc) is 3.14. The zero-order valence-electron chi connectivity index (χ0n) is 12.8. The smallest absolute Gasteiger partial charge is 0.267 e. The molecule has 0 unspecified atom stereocenters. The molecule has 4 nitrogen and oxygen atoms in total. The fraction of sp³-hybridized carbons (Fsp3) is 0.222. The molecule has 0 radical (unpaired) electrons. The average molecular weight is 324 g/mol. The number of nitrogens with zero attached hydrogens (tertiary/aromatic N) is 1. The van der Waals surface area contributed by atoms with Crippen LogP contribution in [-0.4, -0.2) is 18.0 Å². The van der Waals surface area contributed by atoms with E-state index >= 15 is 0 Å². The van der Waals surface area contributed by atoms with Gasteiger partial charge < -0.3 is 10.5 Å². The Labute approximate surface area is 137 Å². The molecule has 0 atom stereocenters. The molecule has 0 saturated heterocycles. The Balaban J connectivity index is 2.00. The number of aromatic nitrogens is 1. The highest BCUT2D eigenvalue weighted by Crippen LogP contribution is 2.42. The van der Waals surface area contributed by atoms with Crippen molar-refractivity contribution in [3.8, 4) is 16.9 Å². The summed E-state index contributed by atoms with van der Waals surface area (Å²) in [5.74, 6) is 0.319. The van der Waals surface area contributed by atoms with Crippen LogP contribution in [0.15, 0.2) is 30.3 Å². The number of thiophene rings is 1. The number of hydrogen-bond acceptors (Lipinski definition) is 4. The lowest BCUT2D eigenvalue weighted by atomic mass is 9.99. The van der Waals surface area contributed by atoms with E-state index in [0.717, 1.165) is 34.5 Å². The zero-order chi connectivity index (χ0) is 16.0. The van der Waals surface area contributed by atoms with Crippen molar-refractivity contribution in [1.29, 1.82) is 0 Å². The second kappa shape index (κ2) is 5.35. The van der Waals surface area contributed by atoms with Crippen LogP contribution >= 0.6 is 11.3 Å². The molecule has 5 heteroatoms. The van der Waals surface area contributed by atoms with Crippen LogP contribution in [0.3, 0.4) is 0 Å². The number of carbonyl (C=O) groups is 1. The molecule has 0 saturated carbocycles. The van der Waals surface area contributed by atoms with Crippen LogP contribution in [0.2, 0.25) is 0 Å². The Kier molecular flexibility index (Phi) is 3.31. The highest BCUT2D eigenvalue weighted by atomic mass is 32.1. The molecule has 0 bridgehead atoms. The van der Waals surface area contributed by atoms with Crippen molar-refractivity contribution in [3.05, 3.63) is 46.5 Å². The van der Waals surface area contributed by atoms with Gasteiger partial charge in [-0.1, -0.05) is 12.1 Å². The van der Waals surface area contributed by atoms with Crippen LogP contribution in [-0.2, 0) is 12.8 Å². The molecule has 1 aromatic carbocycles. The number of methoxy groups -OCH3 is 1. The maximum atomic E-state index is 11.6. The summed E-state index contributed by atoms with van der Waals surface area (Å²) in [5, 5.41) is 1.18. The molecule has 116 valence electrons. The molecule has 1 aliphatic rings. The van der Waals surface area contributed by atoms with Gasteiger partial charge in [-0.2, -0.15) is 0 Å². The lowest BCUT2D eigenvalue weighted by Crippen LogP contribution is -2.13. The van der Waals surface area contributed by atoms with Gasteiger partial charge in [-0.25, -0.2) is 4.98 Å². The summed E-state index contributed by atoms with van der Waals surface area (Å²) in [6.07, 6.45) is 3.37. The van der Waals surface area contributed by atoms with E-state index in [-0.39, 0.29) is 0 Å². The van der Waals surface area contributed by atoms with Crippen LogP contribution in [0, 0.1) is 0 Å². The topological polar surface area (TPSA) is 65.2 Å². The number of carbonyl (C=O) groups excluding carboxylic acids is 1. The number of nitrogens with two attached hydrogens (primary N) is 1. The van der Waals surface area contributed by atoms with Crippen LogP contribution in [0.25, 0.3) is 21.3 Å². The third-order valence-corrected chi connectivity index (χ3v) is 5.51. The van der Waals surface area contributed by atoms with Gasteiger partial charge in [0.25, 0.3) is 5.91 Å². The third-order valence-electron chi connectivity index (χ3n) is 4.33. The number of hydrogen-bond donors (Lipinski definition) is 1. The Hall–Kier alpha value is -2.40. The minimum atomic E-state index is -0.491. The van der Waals surface area contributed by atoms with Crippen molar-refractivity contribution >= 4 is 27.5 Å². The minimum absolute atomic E-state index is 0.322. The number of fused-ring (bicyclic) bond motifs is 3. The first-order valence-electron chi connectivity index (χ1n) is 7.57. The fourth-order valence-corrected chi connectivity index (χ4v) is 4.51. The summed E-state index contributed by atoms with van der Waals surface area (Å²) in [6, 6.07) is 9.70. The molecular formula is C18H16N2O2S. The first-order chi connectivity index (χ1) is 11.2. The minimum Gasteiger partial charge on any atom is -0.497 e. The van der Waals surface area contributed by atoms with E-state index in [0.29, 0.717) is 5.69 Å². The number of aryl methyl sites for hydroxylation is 2. The van der Waals surface area contributed by atoms with E-state index in [2.05, 4.69) is 4.98 Å². The highest BCUT2D eigenvalue weighted by Gasteiger charge is 2.22. The second-order valence-corrected chi connectivity index (χ2v) is 6.77. The Morgan fingerprint density at radius 1 is 1.26 bits per heavy atom. The molecule has 2 N–H and O–H groups in total. The van der Waals surface area contributed by atoms with Gasteiger partial charge in [0.1, 0.15) is 16.3 Å². The van der Waals surface area contributed by atoms with Crippen molar-refractivity contribution in [2.24, 2.45) is 5.73 Å². The maximum Gasteiger partial charge on any atom is 0.267 e. The predicted molar refractivity (Wildman–Crippen MR) is 92.2 cm³/mol. The molecule has 2 aromatic heterocycles. The first-order valence-corrected chi connectivity index (χ1v) is 8.38. The summed E-state index contributed by atoms with van der Waals surface area (Å²) in [4.78, 5) is 18.4. The SMILES string of the molecule is COc1ccc(-c2cc(C(N)=O)nc3sc4c(c23)CCC4)cc1. The van der Waals surface area contributed by atoms with Crippen LogP contribution in [0.4, 0.5) is 0 Å².